The SMILES string of the molecule is O=S(=O)([O-])C(F)C(F)(F)C(F)(F)C(F)(F)C(F)(F)C(F)(F)C(F)F.[Li+]. The van der Waals surface area contributed by atoms with Gasteiger partial charge in [-0.1, -0.05) is 0 Å². The monoisotopic (exact) mass is 420 g/mol. The van der Waals surface area contributed by atoms with E-state index in [1.54, 1.807) is 0 Å². The van der Waals surface area contributed by atoms with Crippen molar-refractivity contribution in [3.05, 3.63) is 0 Å². The van der Waals surface area contributed by atoms with E-state index in [2.05, 4.69) is 0 Å². The summed E-state index contributed by atoms with van der Waals surface area (Å²) in [6, 6.07) is 0. The molecule has 1 unspecified atom stereocenters. The van der Waals surface area contributed by atoms with Gasteiger partial charge in [-0.2, -0.15) is 43.9 Å². The van der Waals surface area contributed by atoms with Crippen molar-refractivity contribution >= 4 is 10.1 Å². The van der Waals surface area contributed by atoms with Crippen LogP contribution in [0.25, 0.3) is 0 Å². The van der Waals surface area contributed by atoms with Gasteiger partial charge in [-0.3, -0.25) is 0 Å². The van der Waals surface area contributed by atoms with Gasteiger partial charge in [0.25, 0.3) is 5.50 Å². The number of halogens is 13. The van der Waals surface area contributed by atoms with Crippen molar-refractivity contribution in [3.63, 3.8) is 0 Å². The Morgan fingerprint density at radius 2 is 0.920 bits per heavy atom. The Hall–Kier alpha value is -0.403. The van der Waals surface area contributed by atoms with Crippen molar-refractivity contribution in [2.45, 2.75) is 41.5 Å². The van der Waals surface area contributed by atoms with E-state index in [0.29, 0.717) is 0 Å². The third-order valence-electron chi connectivity index (χ3n) is 2.44. The Labute approximate surface area is 141 Å². The van der Waals surface area contributed by atoms with Crippen LogP contribution in [-0.4, -0.2) is 54.5 Å². The summed E-state index contributed by atoms with van der Waals surface area (Å²) in [6.07, 6.45) is -5.76. The molecule has 18 heteroatoms. The molecule has 0 amide bonds. The second-order valence-electron chi connectivity index (χ2n) is 4.08. The zero-order chi connectivity index (χ0) is 20.2. The minimum Gasteiger partial charge on any atom is -0.746 e. The fourth-order valence-corrected chi connectivity index (χ4v) is 1.59. The summed E-state index contributed by atoms with van der Waals surface area (Å²) in [5, 5.41) is 0. The van der Waals surface area contributed by atoms with E-state index in [1.807, 2.05) is 0 Å². The second kappa shape index (κ2) is 6.96. The summed E-state index contributed by atoms with van der Waals surface area (Å²) in [5.41, 5.74) is -5.78. The van der Waals surface area contributed by atoms with Crippen LogP contribution in [0.5, 0.6) is 0 Å². The molecule has 0 saturated carbocycles. The van der Waals surface area contributed by atoms with E-state index in [0.717, 1.165) is 0 Å². The van der Waals surface area contributed by atoms with Crippen LogP contribution in [0.3, 0.4) is 0 Å². The van der Waals surface area contributed by atoms with Crippen molar-refractivity contribution in [2.24, 2.45) is 0 Å². The van der Waals surface area contributed by atoms with Gasteiger partial charge >= 0.3 is 54.9 Å². The molecule has 146 valence electrons. The molecule has 0 fully saturated rings. The maximum atomic E-state index is 12.8. The van der Waals surface area contributed by atoms with E-state index in [9.17, 15) is 70.0 Å². The molecule has 0 aromatic carbocycles. The second-order valence-corrected chi connectivity index (χ2v) is 5.48. The summed E-state index contributed by atoms with van der Waals surface area (Å²) in [7, 11) is -7.16. The minimum absolute atomic E-state index is 0. The van der Waals surface area contributed by atoms with Gasteiger partial charge in [-0.05, 0) is 0 Å². The van der Waals surface area contributed by atoms with E-state index in [-0.39, 0.29) is 18.9 Å². The van der Waals surface area contributed by atoms with Crippen LogP contribution in [0.4, 0.5) is 57.1 Å². The normalized spacial score (nSPS) is 16.6. The summed E-state index contributed by atoms with van der Waals surface area (Å²) >= 11 is 0. The van der Waals surface area contributed by atoms with Gasteiger partial charge in [0, 0.05) is 0 Å². The molecule has 1 atom stereocenters. The van der Waals surface area contributed by atoms with Crippen LogP contribution in [0.15, 0.2) is 0 Å². The minimum atomic E-state index is -8.10. The Kier molecular flexibility index (Phi) is 7.47. The number of hydrogen-bond donors (Lipinski definition) is 0. The molecule has 0 spiro atoms. The van der Waals surface area contributed by atoms with E-state index < -0.39 is 51.7 Å². The first-order valence-corrected chi connectivity index (χ1v) is 6.33. The first kappa shape index (κ1) is 26.8. The molecule has 25 heavy (non-hydrogen) atoms. The van der Waals surface area contributed by atoms with Crippen LogP contribution >= 0.6 is 0 Å². The van der Waals surface area contributed by atoms with E-state index in [1.165, 1.54) is 0 Å². The number of rotatable bonds is 7. The van der Waals surface area contributed by atoms with Crippen molar-refractivity contribution in [1.82, 2.24) is 0 Å². The van der Waals surface area contributed by atoms with E-state index in [4.69, 9.17) is 0 Å². The van der Waals surface area contributed by atoms with Crippen molar-refractivity contribution in [1.29, 1.82) is 0 Å². The summed E-state index contributed by atoms with van der Waals surface area (Å²) in [5.74, 6) is -38.8. The standard InChI is InChI=1S/C7H3F13O3S.Li/c8-1(9)3(11,12)5(15,16)7(19,20)6(17,18)4(13,14)2(10)24(21,22)23;/h1-2H,(H,21,22,23);/q;+1/p-1. The molecule has 0 saturated heterocycles. The summed E-state index contributed by atoms with van der Waals surface area (Å²) in [6.45, 7) is 0. The molecule has 0 heterocycles. The predicted molar refractivity (Wildman–Crippen MR) is 45.3 cm³/mol. The van der Waals surface area contributed by atoms with Crippen molar-refractivity contribution in [2.75, 3.05) is 0 Å². The molecule has 0 aromatic rings. The van der Waals surface area contributed by atoms with Crippen LogP contribution in [-0.2, 0) is 10.1 Å². The van der Waals surface area contributed by atoms with Gasteiger partial charge in [0.2, 0.25) is 0 Å². The Morgan fingerprint density at radius 3 is 1.16 bits per heavy atom. The molecule has 0 rings (SSSR count). The molecule has 3 nitrogen and oxygen atoms in total. The first-order valence-electron chi connectivity index (χ1n) is 4.86. The average molecular weight is 420 g/mol. The average Bonchev–Trinajstić information content (AvgIpc) is 2.35. The Bertz CT molecular complexity index is 574. The quantitative estimate of drug-likeness (QED) is 0.338. The third kappa shape index (κ3) is 3.83. The zero-order valence-corrected chi connectivity index (χ0v) is 12.0. The van der Waals surface area contributed by atoms with Crippen LogP contribution in [0, 0.1) is 0 Å². The third-order valence-corrected chi connectivity index (χ3v) is 3.24. The molecule has 0 aliphatic heterocycles. The topological polar surface area (TPSA) is 57.2 Å². The summed E-state index contributed by atoms with van der Waals surface area (Å²) < 4.78 is 192. The van der Waals surface area contributed by atoms with Gasteiger partial charge in [0.1, 0.15) is 10.1 Å². The van der Waals surface area contributed by atoms with Gasteiger partial charge in [0.05, 0.1) is 0 Å². The van der Waals surface area contributed by atoms with Crippen LogP contribution < -0.4 is 18.9 Å². The number of hydrogen-bond acceptors (Lipinski definition) is 3. The molecule has 0 aliphatic rings. The van der Waals surface area contributed by atoms with Crippen LogP contribution in [0.2, 0.25) is 0 Å². The fraction of sp³-hybridized carbons (Fsp3) is 1.00. The molecule has 0 radical (unpaired) electrons. The van der Waals surface area contributed by atoms with Gasteiger partial charge in [-0.25, -0.2) is 21.6 Å². The van der Waals surface area contributed by atoms with Gasteiger partial charge in [0.15, 0.2) is 0 Å². The molecular formula is C7H2F13LiO3S. The zero-order valence-electron chi connectivity index (χ0n) is 11.2. The van der Waals surface area contributed by atoms with Gasteiger partial charge < -0.3 is 4.55 Å². The summed E-state index contributed by atoms with van der Waals surface area (Å²) in [4.78, 5) is 0. The maximum absolute atomic E-state index is 12.8. The van der Waals surface area contributed by atoms with Crippen molar-refractivity contribution in [3.8, 4) is 0 Å². The molecule has 0 bridgehead atoms. The number of alkyl halides is 13. The Balaban J connectivity index is 0. The van der Waals surface area contributed by atoms with Crippen LogP contribution in [0.1, 0.15) is 0 Å². The molecule has 0 aromatic heterocycles. The smallest absolute Gasteiger partial charge is 0.746 e. The maximum Gasteiger partial charge on any atom is 1.00 e. The Morgan fingerprint density at radius 1 is 0.640 bits per heavy atom. The molecule has 0 aliphatic carbocycles. The van der Waals surface area contributed by atoms with Gasteiger partial charge in [-0.15, -0.1) is 0 Å². The molecular weight excluding hydrogens is 418 g/mol. The van der Waals surface area contributed by atoms with Crippen molar-refractivity contribution < 1.29 is 88.9 Å². The fourth-order valence-electron chi connectivity index (χ4n) is 1.08. The first-order chi connectivity index (χ1) is 10.1. The molecule has 0 N–H and O–H groups in total. The largest absolute Gasteiger partial charge is 1.00 e. The van der Waals surface area contributed by atoms with E-state index >= 15 is 0 Å². The predicted octanol–water partition coefficient (Wildman–Crippen LogP) is 0.273.